The van der Waals surface area contributed by atoms with Crippen LogP contribution in [0.2, 0.25) is 5.02 Å². The molecule has 4 rings (SSSR count). The fraction of sp³-hybridized carbons (Fsp3) is 0.435. The van der Waals surface area contributed by atoms with E-state index in [1.54, 1.807) is 37.6 Å². The van der Waals surface area contributed by atoms with Crippen LogP contribution in [0, 0.1) is 5.92 Å². The average Bonchev–Trinajstić information content (AvgIpc) is 3.34. The van der Waals surface area contributed by atoms with Crippen molar-refractivity contribution in [1.82, 2.24) is 9.88 Å². The number of ether oxygens (including phenoxy) is 1. The highest BCUT2D eigenvalue weighted by molar-refractivity contribution is 6.32. The van der Waals surface area contributed by atoms with Crippen LogP contribution in [0.3, 0.4) is 0 Å². The zero-order chi connectivity index (χ0) is 21.8. The van der Waals surface area contributed by atoms with Gasteiger partial charge in [0, 0.05) is 49.5 Å². The SMILES string of the molecule is COc1ccc(NC(=O)C2CCN(c3cc(C(=O)N4CCCC4)ccn3)CC2)cc1Cl. The molecule has 0 saturated carbocycles. The number of rotatable bonds is 5. The molecule has 0 radical (unpaired) electrons. The number of anilines is 2. The number of hydrogen-bond acceptors (Lipinski definition) is 5. The standard InChI is InChI=1S/C23H27ClN4O3/c1-31-20-5-4-18(15-19(20)24)26-22(29)16-7-12-27(13-8-16)21-14-17(6-9-25-21)23(30)28-10-2-3-11-28/h4-6,9,14-16H,2-3,7-8,10-13H2,1H3,(H,26,29). The molecule has 2 amide bonds. The molecule has 0 aliphatic carbocycles. The number of benzene rings is 1. The average molecular weight is 443 g/mol. The lowest BCUT2D eigenvalue weighted by atomic mass is 9.95. The monoisotopic (exact) mass is 442 g/mol. The lowest BCUT2D eigenvalue weighted by Crippen LogP contribution is -2.38. The van der Waals surface area contributed by atoms with Crippen LogP contribution in [0.15, 0.2) is 36.5 Å². The minimum atomic E-state index is -0.0773. The summed E-state index contributed by atoms with van der Waals surface area (Å²) in [7, 11) is 1.56. The number of aromatic nitrogens is 1. The number of carbonyl (C=O) groups is 2. The van der Waals surface area contributed by atoms with Crippen molar-refractivity contribution in [3.63, 3.8) is 0 Å². The van der Waals surface area contributed by atoms with Gasteiger partial charge in [-0.1, -0.05) is 11.6 Å². The van der Waals surface area contributed by atoms with Gasteiger partial charge in [0.1, 0.15) is 11.6 Å². The van der Waals surface area contributed by atoms with E-state index < -0.39 is 0 Å². The molecule has 2 aromatic rings. The van der Waals surface area contributed by atoms with E-state index >= 15 is 0 Å². The molecule has 2 aliphatic rings. The fourth-order valence-corrected chi connectivity index (χ4v) is 4.44. The predicted octanol–water partition coefficient (Wildman–Crippen LogP) is 3.83. The summed E-state index contributed by atoms with van der Waals surface area (Å²) in [5, 5.41) is 3.41. The molecule has 1 aromatic carbocycles. The van der Waals surface area contributed by atoms with Crippen LogP contribution in [-0.2, 0) is 4.79 Å². The first-order valence-corrected chi connectivity index (χ1v) is 11.1. The second kappa shape index (κ2) is 9.56. The van der Waals surface area contributed by atoms with Gasteiger partial charge in [0.25, 0.3) is 5.91 Å². The van der Waals surface area contributed by atoms with E-state index in [-0.39, 0.29) is 17.7 Å². The Labute approximate surface area is 187 Å². The first-order valence-electron chi connectivity index (χ1n) is 10.7. The van der Waals surface area contributed by atoms with Gasteiger partial charge in [-0.15, -0.1) is 0 Å². The van der Waals surface area contributed by atoms with Crippen LogP contribution in [0.5, 0.6) is 5.75 Å². The number of methoxy groups -OCH3 is 1. The molecule has 1 N–H and O–H groups in total. The van der Waals surface area contributed by atoms with Crippen molar-refractivity contribution in [2.45, 2.75) is 25.7 Å². The van der Waals surface area contributed by atoms with Gasteiger partial charge in [0.15, 0.2) is 0 Å². The third kappa shape index (κ3) is 4.93. The van der Waals surface area contributed by atoms with Gasteiger partial charge in [0.2, 0.25) is 5.91 Å². The van der Waals surface area contributed by atoms with Crippen LogP contribution in [0.4, 0.5) is 11.5 Å². The molecule has 0 unspecified atom stereocenters. The minimum Gasteiger partial charge on any atom is -0.495 e. The molecule has 2 saturated heterocycles. The minimum absolute atomic E-state index is 0.00759. The van der Waals surface area contributed by atoms with E-state index in [1.165, 1.54) is 0 Å². The summed E-state index contributed by atoms with van der Waals surface area (Å²) >= 11 is 6.15. The van der Waals surface area contributed by atoms with Crippen LogP contribution < -0.4 is 15.0 Å². The second-order valence-electron chi connectivity index (χ2n) is 8.00. The number of carbonyl (C=O) groups excluding carboxylic acids is 2. The van der Waals surface area contributed by atoms with Crippen LogP contribution >= 0.6 is 11.6 Å². The Hall–Kier alpha value is -2.80. The number of amides is 2. The molecule has 3 heterocycles. The Morgan fingerprint density at radius 3 is 2.52 bits per heavy atom. The fourth-order valence-electron chi connectivity index (χ4n) is 4.19. The van der Waals surface area contributed by atoms with Crippen molar-refractivity contribution < 1.29 is 14.3 Å². The number of halogens is 1. The quantitative estimate of drug-likeness (QED) is 0.761. The molecule has 2 fully saturated rings. The number of hydrogen-bond donors (Lipinski definition) is 1. The molecular weight excluding hydrogens is 416 g/mol. The third-order valence-electron chi connectivity index (χ3n) is 5.99. The topological polar surface area (TPSA) is 74.8 Å². The molecule has 7 nitrogen and oxygen atoms in total. The molecule has 1 aromatic heterocycles. The first kappa shape index (κ1) is 21.4. The van der Waals surface area contributed by atoms with Crippen LogP contribution in [0.25, 0.3) is 0 Å². The number of pyridine rings is 1. The Kier molecular flexibility index (Phi) is 6.61. The maximum Gasteiger partial charge on any atom is 0.254 e. The van der Waals surface area contributed by atoms with E-state index in [2.05, 4.69) is 15.2 Å². The second-order valence-corrected chi connectivity index (χ2v) is 8.41. The molecule has 0 bridgehead atoms. The lowest BCUT2D eigenvalue weighted by Gasteiger charge is -2.32. The normalized spacial score (nSPS) is 17.0. The van der Waals surface area contributed by atoms with Crippen molar-refractivity contribution in [2.75, 3.05) is 43.5 Å². The summed E-state index contributed by atoms with van der Waals surface area (Å²) in [6.07, 6.45) is 5.29. The van der Waals surface area contributed by atoms with Crippen molar-refractivity contribution in [3.8, 4) is 5.75 Å². The van der Waals surface area contributed by atoms with Crippen LogP contribution in [0.1, 0.15) is 36.0 Å². The van der Waals surface area contributed by atoms with Gasteiger partial charge in [-0.05, 0) is 56.0 Å². The number of nitrogens with zero attached hydrogens (tertiary/aromatic N) is 3. The predicted molar refractivity (Wildman–Crippen MR) is 121 cm³/mol. The van der Waals surface area contributed by atoms with E-state index in [0.717, 1.165) is 57.7 Å². The first-order chi connectivity index (χ1) is 15.0. The highest BCUT2D eigenvalue weighted by Gasteiger charge is 2.27. The van der Waals surface area contributed by atoms with Crippen molar-refractivity contribution in [2.24, 2.45) is 5.92 Å². The molecule has 164 valence electrons. The Bertz CT molecular complexity index is 954. The number of piperidine rings is 1. The number of likely N-dealkylation sites (tertiary alicyclic amines) is 1. The molecule has 0 spiro atoms. The van der Waals surface area contributed by atoms with Gasteiger partial charge in [0.05, 0.1) is 12.1 Å². The maximum atomic E-state index is 12.7. The molecular formula is C23H27ClN4O3. The summed E-state index contributed by atoms with van der Waals surface area (Å²) < 4.78 is 5.15. The van der Waals surface area contributed by atoms with Gasteiger partial charge in [-0.2, -0.15) is 0 Å². The molecule has 8 heteroatoms. The summed E-state index contributed by atoms with van der Waals surface area (Å²) in [6.45, 7) is 3.10. The molecule has 31 heavy (non-hydrogen) atoms. The lowest BCUT2D eigenvalue weighted by molar-refractivity contribution is -0.120. The van der Waals surface area contributed by atoms with E-state index in [0.29, 0.717) is 22.0 Å². The van der Waals surface area contributed by atoms with E-state index in [9.17, 15) is 9.59 Å². The van der Waals surface area contributed by atoms with Crippen molar-refractivity contribution in [1.29, 1.82) is 0 Å². The molecule has 2 aliphatic heterocycles. The van der Waals surface area contributed by atoms with Gasteiger partial charge in [-0.3, -0.25) is 9.59 Å². The largest absolute Gasteiger partial charge is 0.495 e. The van der Waals surface area contributed by atoms with Crippen molar-refractivity contribution in [3.05, 3.63) is 47.1 Å². The summed E-state index contributed by atoms with van der Waals surface area (Å²) in [5.74, 6) is 1.36. The van der Waals surface area contributed by atoms with E-state index in [1.807, 2.05) is 11.0 Å². The number of nitrogens with one attached hydrogen (secondary N) is 1. The highest BCUT2D eigenvalue weighted by Crippen LogP contribution is 2.29. The Morgan fingerprint density at radius 2 is 1.84 bits per heavy atom. The Morgan fingerprint density at radius 1 is 1.10 bits per heavy atom. The van der Waals surface area contributed by atoms with Gasteiger partial charge >= 0.3 is 0 Å². The Balaban J connectivity index is 1.34. The third-order valence-corrected chi connectivity index (χ3v) is 6.29. The van der Waals surface area contributed by atoms with Crippen molar-refractivity contribution >= 4 is 34.9 Å². The summed E-state index contributed by atoms with van der Waals surface area (Å²) in [5.41, 5.74) is 1.34. The summed E-state index contributed by atoms with van der Waals surface area (Å²) in [6, 6.07) is 8.87. The van der Waals surface area contributed by atoms with Crippen LogP contribution in [-0.4, -0.2) is 55.0 Å². The highest BCUT2D eigenvalue weighted by atomic mass is 35.5. The zero-order valence-corrected chi connectivity index (χ0v) is 18.4. The molecule has 0 atom stereocenters. The smallest absolute Gasteiger partial charge is 0.254 e. The van der Waals surface area contributed by atoms with E-state index in [4.69, 9.17) is 16.3 Å². The maximum absolute atomic E-state index is 12.7. The zero-order valence-electron chi connectivity index (χ0n) is 17.6. The van der Waals surface area contributed by atoms with Gasteiger partial charge in [-0.25, -0.2) is 4.98 Å². The van der Waals surface area contributed by atoms with Gasteiger partial charge < -0.3 is 19.9 Å². The summed E-state index contributed by atoms with van der Waals surface area (Å²) in [4.78, 5) is 33.9.